The maximum Gasteiger partial charge on any atom is 0.349 e. The van der Waals surface area contributed by atoms with Crippen molar-refractivity contribution >= 4 is 5.97 Å². The molecule has 2 nitrogen and oxygen atoms in total. The highest BCUT2D eigenvalue weighted by Gasteiger charge is 2.41. The van der Waals surface area contributed by atoms with Gasteiger partial charge in [0.2, 0.25) is 0 Å². The number of rotatable bonds is 3. The monoisotopic (exact) mass is 200 g/mol. The van der Waals surface area contributed by atoms with Gasteiger partial charge in [0.15, 0.2) is 0 Å². The number of alkyl halides is 2. The summed E-state index contributed by atoms with van der Waals surface area (Å²) in [6.45, 7) is 0.121. The summed E-state index contributed by atoms with van der Waals surface area (Å²) in [6.07, 6.45) is 0. The molecule has 1 rings (SSSR count). The second-order valence-electron chi connectivity index (χ2n) is 3.11. The molecule has 0 aliphatic carbocycles. The van der Waals surface area contributed by atoms with Gasteiger partial charge in [-0.15, -0.1) is 0 Å². The van der Waals surface area contributed by atoms with Crippen molar-refractivity contribution < 1.29 is 18.7 Å². The molecule has 0 saturated heterocycles. The molecule has 0 bridgehead atoms. The number of carboxylic acid groups (broad SMARTS) is 1. The van der Waals surface area contributed by atoms with Crippen LogP contribution >= 0.6 is 0 Å². The van der Waals surface area contributed by atoms with Gasteiger partial charge in [0.25, 0.3) is 5.67 Å². The van der Waals surface area contributed by atoms with Crippen molar-refractivity contribution in [2.75, 3.05) is 6.67 Å². The predicted molar refractivity (Wildman–Crippen MR) is 47.6 cm³/mol. The average molecular weight is 200 g/mol. The van der Waals surface area contributed by atoms with Gasteiger partial charge in [0.05, 0.1) is 0 Å². The molecule has 76 valence electrons. The SMILES string of the molecule is Cc1cccc(C(F)(CF)C(=O)O)c1. The van der Waals surface area contributed by atoms with E-state index in [1.165, 1.54) is 18.2 Å². The third kappa shape index (κ3) is 1.73. The summed E-state index contributed by atoms with van der Waals surface area (Å²) in [5.41, 5.74) is -2.39. The lowest BCUT2D eigenvalue weighted by molar-refractivity contribution is -0.152. The Morgan fingerprint density at radius 2 is 2.21 bits per heavy atom. The van der Waals surface area contributed by atoms with Gasteiger partial charge in [-0.3, -0.25) is 0 Å². The molecule has 1 aromatic carbocycles. The summed E-state index contributed by atoms with van der Waals surface area (Å²) < 4.78 is 25.9. The van der Waals surface area contributed by atoms with Crippen molar-refractivity contribution in [3.63, 3.8) is 0 Å². The summed E-state index contributed by atoms with van der Waals surface area (Å²) in [6, 6.07) is 5.77. The first-order chi connectivity index (χ1) is 6.50. The Kier molecular flexibility index (Phi) is 2.84. The molecule has 14 heavy (non-hydrogen) atoms. The number of halogens is 2. The number of carboxylic acids is 1. The van der Waals surface area contributed by atoms with Crippen LogP contribution in [0.2, 0.25) is 0 Å². The zero-order valence-corrected chi connectivity index (χ0v) is 7.63. The third-order valence-electron chi connectivity index (χ3n) is 2.00. The van der Waals surface area contributed by atoms with E-state index in [9.17, 15) is 13.6 Å². The number of aliphatic carboxylic acids is 1. The maximum atomic E-state index is 13.6. The van der Waals surface area contributed by atoms with E-state index in [0.717, 1.165) is 0 Å². The van der Waals surface area contributed by atoms with E-state index >= 15 is 0 Å². The second-order valence-corrected chi connectivity index (χ2v) is 3.11. The first kappa shape index (κ1) is 10.6. The molecule has 1 N–H and O–H groups in total. The van der Waals surface area contributed by atoms with Gasteiger partial charge in [0.1, 0.15) is 6.67 Å². The Hall–Kier alpha value is -1.45. The van der Waals surface area contributed by atoms with Gasteiger partial charge < -0.3 is 5.11 Å². The number of hydrogen-bond donors (Lipinski definition) is 1. The Morgan fingerprint density at radius 1 is 1.57 bits per heavy atom. The minimum Gasteiger partial charge on any atom is -0.479 e. The van der Waals surface area contributed by atoms with Gasteiger partial charge in [-0.2, -0.15) is 0 Å². The largest absolute Gasteiger partial charge is 0.479 e. The fourth-order valence-corrected chi connectivity index (χ4v) is 1.15. The van der Waals surface area contributed by atoms with Crippen molar-refractivity contribution in [2.24, 2.45) is 0 Å². The Morgan fingerprint density at radius 3 is 2.64 bits per heavy atom. The molecule has 0 heterocycles. The molecule has 0 spiro atoms. The van der Waals surface area contributed by atoms with Crippen LogP contribution in [0.1, 0.15) is 11.1 Å². The van der Waals surface area contributed by atoms with Crippen LogP contribution in [0.4, 0.5) is 8.78 Å². The van der Waals surface area contributed by atoms with E-state index in [1.54, 1.807) is 13.0 Å². The normalized spacial score (nSPS) is 14.8. The van der Waals surface area contributed by atoms with E-state index in [-0.39, 0.29) is 5.56 Å². The van der Waals surface area contributed by atoms with Crippen molar-refractivity contribution in [2.45, 2.75) is 12.6 Å². The minimum absolute atomic E-state index is 0.160. The Labute approximate surface area is 80.2 Å². The van der Waals surface area contributed by atoms with Crippen LogP contribution < -0.4 is 0 Å². The van der Waals surface area contributed by atoms with E-state index in [1.807, 2.05) is 0 Å². The summed E-state index contributed by atoms with van der Waals surface area (Å²) >= 11 is 0. The molecule has 0 fully saturated rings. The first-order valence-electron chi connectivity index (χ1n) is 4.06. The molecule has 0 radical (unpaired) electrons. The topological polar surface area (TPSA) is 37.3 Å². The van der Waals surface area contributed by atoms with Gasteiger partial charge >= 0.3 is 5.97 Å². The standard InChI is InChI=1S/C10H10F2O2/c1-7-3-2-4-8(5-7)10(12,6-11)9(13)14/h2-5H,6H2,1H3,(H,13,14). The molecule has 1 unspecified atom stereocenters. The quantitative estimate of drug-likeness (QED) is 0.812. The number of aryl methyl sites for hydroxylation is 1. The van der Waals surface area contributed by atoms with Crippen molar-refractivity contribution in [3.05, 3.63) is 35.4 Å². The summed E-state index contributed by atoms with van der Waals surface area (Å²) in [7, 11) is 0. The lowest BCUT2D eigenvalue weighted by Gasteiger charge is -2.17. The van der Waals surface area contributed by atoms with Gasteiger partial charge in [-0.25, -0.2) is 13.6 Å². The van der Waals surface area contributed by atoms with Crippen LogP contribution in [0.5, 0.6) is 0 Å². The molecule has 4 heteroatoms. The number of hydrogen-bond acceptors (Lipinski definition) is 1. The maximum absolute atomic E-state index is 13.6. The Bertz CT molecular complexity index is 352. The van der Waals surface area contributed by atoms with Crippen LogP contribution in [-0.2, 0) is 10.5 Å². The van der Waals surface area contributed by atoms with Crippen molar-refractivity contribution in [3.8, 4) is 0 Å². The van der Waals surface area contributed by atoms with Crippen molar-refractivity contribution in [1.29, 1.82) is 0 Å². The molecule has 0 amide bonds. The highest BCUT2D eigenvalue weighted by molar-refractivity contribution is 5.79. The fourth-order valence-electron chi connectivity index (χ4n) is 1.15. The van der Waals surface area contributed by atoms with Crippen LogP contribution in [0, 0.1) is 6.92 Å². The van der Waals surface area contributed by atoms with E-state index in [2.05, 4.69) is 0 Å². The number of carbonyl (C=O) groups is 1. The molecular formula is C10H10F2O2. The molecule has 0 saturated carbocycles. The first-order valence-corrected chi connectivity index (χ1v) is 4.06. The summed E-state index contributed by atoms with van der Waals surface area (Å²) in [5, 5.41) is 8.56. The lowest BCUT2D eigenvalue weighted by atomic mass is 9.96. The van der Waals surface area contributed by atoms with Crippen molar-refractivity contribution in [1.82, 2.24) is 0 Å². The zero-order chi connectivity index (χ0) is 10.8. The van der Waals surface area contributed by atoms with Gasteiger partial charge in [-0.1, -0.05) is 29.8 Å². The van der Waals surface area contributed by atoms with Gasteiger partial charge in [-0.05, 0) is 6.92 Å². The van der Waals surface area contributed by atoms with E-state index in [0.29, 0.717) is 5.56 Å². The average Bonchev–Trinajstić information content (AvgIpc) is 2.16. The van der Waals surface area contributed by atoms with Crippen LogP contribution in [-0.4, -0.2) is 17.8 Å². The van der Waals surface area contributed by atoms with Crippen LogP contribution in [0.15, 0.2) is 24.3 Å². The molecule has 0 aliphatic rings. The fraction of sp³-hybridized carbons (Fsp3) is 0.300. The van der Waals surface area contributed by atoms with Gasteiger partial charge in [0, 0.05) is 5.56 Å². The lowest BCUT2D eigenvalue weighted by Crippen LogP contribution is -2.33. The summed E-state index contributed by atoms with van der Waals surface area (Å²) in [5.74, 6) is -1.80. The highest BCUT2D eigenvalue weighted by Crippen LogP contribution is 2.27. The minimum atomic E-state index is -2.92. The second kappa shape index (κ2) is 3.74. The van der Waals surface area contributed by atoms with Crippen LogP contribution in [0.3, 0.4) is 0 Å². The highest BCUT2D eigenvalue weighted by atomic mass is 19.2. The number of benzene rings is 1. The zero-order valence-electron chi connectivity index (χ0n) is 7.63. The smallest absolute Gasteiger partial charge is 0.349 e. The van der Waals surface area contributed by atoms with E-state index < -0.39 is 18.3 Å². The van der Waals surface area contributed by atoms with E-state index in [4.69, 9.17) is 5.11 Å². The molecular weight excluding hydrogens is 190 g/mol. The Balaban J connectivity index is 3.19. The molecule has 1 atom stereocenters. The third-order valence-corrected chi connectivity index (χ3v) is 2.00. The van der Waals surface area contributed by atoms with Crippen LogP contribution in [0.25, 0.3) is 0 Å². The predicted octanol–water partition coefficient (Wildman–Crippen LogP) is 2.21. The molecule has 0 aliphatic heterocycles. The molecule has 1 aromatic rings. The molecule has 0 aromatic heterocycles. The summed E-state index contributed by atoms with van der Waals surface area (Å²) in [4.78, 5) is 10.5.